The van der Waals surface area contributed by atoms with Crippen LogP contribution in [-0.4, -0.2) is 17.5 Å². The van der Waals surface area contributed by atoms with Crippen LogP contribution in [0.15, 0.2) is 89.1 Å². The average molecular weight is 412 g/mol. The molecule has 0 radical (unpaired) electrons. The molecular weight excluding hydrogens is 388 g/mol. The zero-order valence-electron chi connectivity index (χ0n) is 17.5. The third-order valence-corrected chi connectivity index (χ3v) is 5.42. The second kappa shape index (κ2) is 8.44. The molecule has 0 bridgehead atoms. The normalized spacial score (nSPS) is 11.8. The Hall–Kier alpha value is -3.93. The van der Waals surface area contributed by atoms with E-state index in [0.717, 1.165) is 16.3 Å². The highest BCUT2D eigenvalue weighted by molar-refractivity contribution is 5.99. The van der Waals surface area contributed by atoms with Crippen molar-refractivity contribution in [3.05, 3.63) is 90.0 Å². The number of hydrogen-bond acceptors (Lipinski definition) is 4. The van der Waals surface area contributed by atoms with E-state index in [4.69, 9.17) is 10.5 Å². The van der Waals surface area contributed by atoms with Gasteiger partial charge in [0.1, 0.15) is 11.6 Å². The number of anilines is 1. The second-order valence-corrected chi connectivity index (χ2v) is 7.83. The standard InChI is InChI=1S/C25H24N4O2/c1-25(2,17-8-4-3-5-9-17)18-12-14-19(15-13-18)31-16-22(30)28-29-24-21-11-7-6-10-20(21)23(26)27-24/h3-15,27H,16,26H2,1-2H3. The zero-order valence-corrected chi connectivity index (χ0v) is 17.5. The number of nitrogens with two attached hydrogens (primary N) is 1. The van der Waals surface area contributed by atoms with E-state index in [1.165, 1.54) is 5.56 Å². The largest absolute Gasteiger partial charge is 0.484 e. The van der Waals surface area contributed by atoms with Gasteiger partial charge >= 0.3 is 5.91 Å². The van der Waals surface area contributed by atoms with Crippen molar-refractivity contribution in [1.29, 1.82) is 0 Å². The van der Waals surface area contributed by atoms with Crippen molar-refractivity contribution < 1.29 is 9.53 Å². The summed E-state index contributed by atoms with van der Waals surface area (Å²) >= 11 is 0. The number of azo groups is 1. The summed E-state index contributed by atoms with van der Waals surface area (Å²) in [5.74, 6) is 1.07. The molecule has 1 amide bonds. The Bertz CT molecular complexity index is 1230. The molecule has 6 heteroatoms. The average Bonchev–Trinajstić information content (AvgIpc) is 3.13. The number of nitrogens with zero attached hydrogens (tertiary/aromatic N) is 2. The SMILES string of the molecule is CC(C)(c1ccccc1)c1ccc(OCC(=O)N=Nc2[nH]c(N)c3ccccc23)cc1. The molecule has 0 fully saturated rings. The van der Waals surface area contributed by atoms with Gasteiger partial charge in [0.2, 0.25) is 0 Å². The smallest absolute Gasteiger partial charge is 0.302 e. The van der Waals surface area contributed by atoms with Gasteiger partial charge in [0, 0.05) is 16.2 Å². The molecule has 1 aromatic heterocycles. The number of benzene rings is 3. The van der Waals surface area contributed by atoms with Crippen LogP contribution in [0.2, 0.25) is 0 Å². The summed E-state index contributed by atoms with van der Waals surface area (Å²) < 4.78 is 5.58. The molecule has 6 nitrogen and oxygen atoms in total. The van der Waals surface area contributed by atoms with Gasteiger partial charge in [-0.25, -0.2) is 0 Å². The van der Waals surface area contributed by atoms with E-state index in [9.17, 15) is 4.79 Å². The van der Waals surface area contributed by atoms with E-state index in [1.54, 1.807) is 0 Å². The molecule has 0 aliphatic rings. The molecule has 0 atom stereocenters. The number of carbonyl (C=O) groups excluding carboxylic acids is 1. The Morgan fingerprint density at radius 3 is 2.23 bits per heavy atom. The Labute approximate surface area is 180 Å². The summed E-state index contributed by atoms with van der Waals surface area (Å²) in [6, 6.07) is 25.6. The number of rotatable bonds is 6. The third-order valence-electron chi connectivity index (χ3n) is 5.42. The minimum Gasteiger partial charge on any atom is -0.484 e. The number of ether oxygens (including phenoxy) is 1. The van der Waals surface area contributed by atoms with E-state index in [1.807, 2.05) is 66.7 Å². The minimum atomic E-state index is -0.481. The monoisotopic (exact) mass is 412 g/mol. The molecule has 0 aliphatic heterocycles. The first-order valence-corrected chi connectivity index (χ1v) is 10.0. The maximum Gasteiger partial charge on any atom is 0.302 e. The van der Waals surface area contributed by atoms with Crippen LogP contribution in [0, 0.1) is 0 Å². The third kappa shape index (κ3) is 4.33. The van der Waals surface area contributed by atoms with E-state index in [0.29, 0.717) is 17.4 Å². The van der Waals surface area contributed by atoms with Gasteiger partial charge in [0.15, 0.2) is 12.4 Å². The Balaban J connectivity index is 1.39. The van der Waals surface area contributed by atoms with Crippen molar-refractivity contribution in [2.24, 2.45) is 10.2 Å². The number of aromatic nitrogens is 1. The van der Waals surface area contributed by atoms with E-state index in [2.05, 4.69) is 41.2 Å². The zero-order chi connectivity index (χ0) is 21.8. The van der Waals surface area contributed by atoms with Gasteiger partial charge in [0.05, 0.1) is 0 Å². The highest BCUT2D eigenvalue weighted by Gasteiger charge is 2.22. The summed E-state index contributed by atoms with van der Waals surface area (Å²) in [4.78, 5) is 15.1. The Morgan fingerprint density at radius 2 is 1.52 bits per heavy atom. The molecule has 0 aliphatic carbocycles. The van der Waals surface area contributed by atoms with Gasteiger partial charge in [-0.05, 0) is 23.3 Å². The fraction of sp³-hybridized carbons (Fsp3) is 0.160. The van der Waals surface area contributed by atoms with Crippen LogP contribution < -0.4 is 10.5 Å². The predicted octanol–water partition coefficient (Wildman–Crippen LogP) is 5.77. The maximum absolute atomic E-state index is 12.1. The molecule has 4 rings (SSSR count). The van der Waals surface area contributed by atoms with Gasteiger partial charge in [-0.3, -0.25) is 4.79 Å². The topological polar surface area (TPSA) is 92.8 Å². The molecule has 156 valence electrons. The van der Waals surface area contributed by atoms with Crippen molar-refractivity contribution in [3.63, 3.8) is 0 Å². The molecule has 0 spiro atoms. The number of nitrogens with one attached hydrogen (secondary N) is 1. The number of hydrogen-bond donors (Lipinski definition) is 2. The van der Waals surface area contributed by atoms with Crippen LogP contribution in [0.4, 0.5) is 11.6 Å². The summed E-state index contributed by atoms with van der Waals surface area (Å²) in [5, 5.41) is 9.41. The van der Waals surface area contributed by atoms with Crippen LogP contribution in [0.3, 0.4) is 0 Å². The van der Waals surface area contributed by atoms with E-state index < -0.39 is 5.91 Å². The van der Waals surface area contributed by atoms with Gasteiger partial charge in [-0.2, -0.15) is 0 Å². The van der Waals surface area contributed by atoms with Crippen LogP contribution >= 0.6 is 0 Å². The minimum absolute atomic E-state index is 0.134. The van der Waals surface area contributed by atoms with Gasteiger partial charge < -0.3 is 15.5 Å². The summed E-state index contributed by atoms with van der Waals surface area (Å²) in [5.41, 5.74) is 8.19. The summed E-state index contributed by atoms with van der Waals surface area (Å²) in [6.45, 7) is 4.16. The van der Waals surface area contributed by atoms with Crippen LogP contribution in [0.25, 0.3) is 10.8 Å². The van der Waals surface area contributed by atoms with Gasteiger partial charge in [-0.15, -0.1) is 10.2 Å². The molecule has 3 aromatic carbocycles. The van der Waals surface area contributed by atoms with Crippen molar-refractivity contribution in [1.82, 2.24) is 4.98 Å². The lowest BCUT2D eigenvalue weighted by Crippen LogP contribution is -2.18. The molecule has 4 aromatic rings. The lowest BCUT2D eigenvalue weighted by Gasteiger charge is -2.26. The quantitative estimate of drug-likeness (QED) is 0.394. The van der Waals surface area contributed by atoms with Crippen LogP contribution in [-0.2, 0) is 10.2 Å². The molecular formula is C25H24N4O2. The number of nitrogen functional groups attached to an aromatic ring is 1. The number of carbonyl (C=O) groups is 1. The van der Waals surface area contributed by atoms with Crippen LogP contribution in [0.1, 0.15) is 25.0 Å². The fourth-order valence-corrected chi connectivity index (χ4v) is 3.53. The van der Waals surface area contributed by atoms with E-state index >= 15 is 0 Å². The van der Waals surface area contributed by atoms with Gasteiger partial charge in [-0.1, -0.05) is 80.6 Å². The molecule has 31 heavy (non-hydrogen) atoms. The van der Waals surface area contributed by atoms with Crippen molar-refractivity contribution >= 4 is 28.3 Å². The van der Waals surface area contributed by atoms with Crippen LogP contribution in [0.5, 0.6) is 5.75 Å². The molecule has 0 saturated carbocycles. The summed E-state index contributed by atoms with van der Waals surface area (Å²) in [6.07, 6.45) is 0. The first-order valence-electron chi connectivity index (χ1n) is 10.0. The van der Waals surface area contributed by atoms with Gasteiger partial charge in [0.25, 0.3) is 0 Å². The van der Waals surface area contributed by atoms with Crippen molar-refractivity contribution in [3.8, 4) is 5.75 Å². The lowest BCUT2D eigenvalue weighted by molar-refractivity contribution is -0.120. The highest BCUT2D eigenvalue weighted by atomic mass is 16.5. The molecule has 0 saturated heterocycles. The van der Waals surface area contributed by atoms with Crippen molar-refractivity contribution in [2.45, 2.75) is 19.3 Å². The Kier molecular flexibility index (Phi) is 5.54. The predicted molar refractivity (Wildman–Crippen MR) is 123 cm³/mol. The Morgan fingerprint density at radius 1 is 0.903 bits per heavy atom. The molecule has 3 N–H and O–H groups in total. The number of H-pyrrole nitrogens is 1. The first-order chi connectivity index (χ1) is 14.9. The fourth-order valence-electron chi connectivity index (χ4n) is 3.53. The number of fused-ring (bicyclic) bond motifs is 1. The van der Waals surface area contributed by atoms with E-state index in [-0.39, 0.29) is 12.0 Å². The first kappa shape index (κ1) is 20.3. The second-order valence-electron chi connectivity index (χ2n) is 7.83. The highest BCUT2D eigenvalue weighted by Crippen LogP contribution is 2.32. The maximum atomic E-state index is 12.1. The lowest BCUT2D eigenvalue weighted by atomic mass is 9.78. The summed E-state index contributed by atoms with van der Waals surface area (Å²) in [7, 11) is 0. The number of aromatic amines is 1. The molecule has 1 heterocycles. The van der Waals surface area contributed by atoms with Crippen molar-refractivity contribution in [2.75, 3.05) is 12.3 Å². The number of amides is 1. The molecule has 0 unspecified atom stereocenters.